The van der Waals surface area contributed by atoms with E-state index in [9.17, 15) is 9.79 Å². The summed E-state index contributed by atoms with van der Waals surface area (Å²) in [4.78, 5) is 22.9. The summed E-state index contributed by atoms with van der Waals surface area (Å²) >= 11 is 1.82. The predicted molar refractivity (Wildman–Crippen MR) is 112 cm³/mol. The van der Waals surface area contributed by atoms with Gasteiger partial charge in [-0.3, -0.25) is 0 Å². The maximum absolute atomic E-state index is 12.6. The summed E-state index contributed by atoms with van der Waals surface area (Å²) in [5.74, 6) is 0.347. The van der Waals surface area contributed by atoms with Gasteiger partial charge in [0.15, 0.2) is 0 Å². The second-order valence-corrected chi connectivity index (χ2v) is 15.7. The van der Waals surface area contributed by atoms with Gasteiger partial charge in [0.25, 0.3) is 0 Å². The van der Waals surface area contributed by atoms with Crippen LogP contribution in [0.15, 0.2) is 0 Å². The van der Waals surface area contributed by atoms with Crippen LogP contribution >= 0.6 is 52.1 Å². The van der Waals surface area contributed by atoms with E-state index < -0.39 is 34.5 Å². The first-order valence-corrected chi connectivity index (χ1v) is 15.7. The molecule has 0 aliphatic carbocycles. The molecule has 1 fully saturated rings. The van der Waals surface area contributed by atoms with Crippen molar-refractivity contribution in [2.75, 3.05) is 6.26 Å². The van der Waals surface area contributed by atoms with Crippen LogP contribution in [0.5, 0.6) is 0 Å². The average Bonchev–Trinajstić information content (AvgIpc) is 2.77. The molecule has 0 amide bonds. The molecule has 5 atom stereocenters. The summed E-state index contributed by atoms with van der Waals surface area (Å²) in [6.45, 7) is 9.28. The van der Waals surface area contributed by atoms with Crippen LogP contribution in [0.2, 0.25) is 0 Å². The standard InChI is InChI=1S/C14H28BI2O5PS2/c1-9(2)22-23(18,19)14(4,5)8-11-10(3)7-12(20-11)15-17-21-13(16)25-24-6/h9-13H,7-8H2,1-6H3,(H,18,19)/q-1. The predicted octanol–water partition coefficient (Wildman–Crippen LogP) is 0.816. The minimum atomic E-state index is -3.71. The zero-order valence-corrected chi connectivity index (χ0v) is 22.3. The van der Waals surface area contributed by atoms with Crippen LogP contribution < -0.4 is 26.3 Å². The molecule has 0 bridgehead atoms. The van der Waals surface area contributed by atoms with E-state index in [1.807, 2.05) is 6.26 Å². The number of halogens is 2. The Morgan fingerprint density at radius 3 is 2.72 bits per heavy atom. The van der Waals surface area contributed by atoms with E-state index in [0.717, 1.165) is 6.42 Å². The fourth-order valence-electron chi connectivity index (χ4n) is 2.52. The average molecular weight is 636 g/mol. The van der Waals surface area contributed by atoms with Crippen LogP contribution in [-0.4, -0.2) is 43.1 Å². The summed E-state index contributed by atoms with van der Waals surface area (Å²) in [5, 5.41) is 1.33. The monoisotopic (exact) mass is 636 g/mol. The van der Waals surface area contributed by atoms with Gasteiger partial charge < -0.3 is 0 Å². The molecule has 1 saturated heterocycles. The first-order chi connectivity index (χ1) is 11.5. The summed E-state index contributed by atoms with van der Waals surface area (Å²) in [7, 11) is -0.301. The Morgan fingerprint density at radius 1 is 1.52 bits per heavy atom. The molecule has 1 aliphatic heterocycles. The fraction of sp³-hybridized carbons (Fsp3) is 1.00. The molecule has 1 radical (unpaired) electrons. The van der Waals surface area contributed by atoms with E-state index in [4.69, 9.17) is 12.3 Å². The van der Waals surface area contributed by atoms with Gasteiger partial charge in [0.2, 0.25) is 0 Å². The van der Waals surface area contributed by atoms with Crippen molar-refractivity contribution in [2.24, 2.45) is 5.92 Å². The van der Waals surface area contributed by atoms with E-state index in [2.05, 4.69) is 34.7 Å². The van der Waals surface area contributed by atoms with Gasteiger partial charge in [0, 0.05) is 0 Å². The number of hydrogen-bond donors (Lipinski definition) is 1. The zero-order valence-electron chi connectivity index (χ0n) is 15.5. The summed E-state index contributed by atoms with van der Waals surface area (Å²) in [6, 6.07) is 0.0792. The normalized spacial score (nSPS) is 28.3. The molecule has 0 aromatic carbocycles. The van der Waals surface area contributed by atoms with Gasteiger partial charge >= 0.3 is 187 Å². The van der Waals surface area contributed by atoms with Crippen LogP contribution in [-0.2, 0) is 12.3 Å². The molecule has 0 aromatic rings. The van der Waals surface area contributed by atoms with Crippen molar-refractivity contribution in [3.05, 3.63) is 0 Å². The number of ether oxygens (including phenoxy) is 1. The molecular formula is C14H28BI2O5PS2-. The molecule has 0 aromatic heterocycles. The quantitative estimate of drug-likeness (QED) is 0.0901. The first-order valence-electron chi connectivity index (χ1n) is 8.11. The van der Waals surface area contributed by atoms with Crippen molar-refractivity contribution >= 4 is 57.3 Å². The van der Waals surface area contributed by atoms with Crippen LogP contribution in [0.4, 0.5) is 0 Å². The molecule has 149 valence electrons. The van der Waals surface area contributed by atoms with Crippen molar-refractivity contribution in [1.29, 1.82) is 0 Å². The zero-order chi connectivity index (χ0) is 19.3. The molecule has 1 aliphatic rings. The third-order valence-electron chi connectivity index (χ3n) is 3.89. The van der Waals surface area contributed by atoms with Crippen LogP contribution in [0, 0.1) is 5.92 Å². The van der Waals surface area contributed by atoms with E-state index in [-0.39, 0.29) is 21.7 Å². The molecule has 0 spiro atoms. The minimum absolute atomic E-state index is 0.0348. The Morgan fingerprint density at radius 2 is 2.16 bits per heavy atom. The van der Waals surface area contributed by atoms with E-state index in [0.29, 0.717) is 12.3 Å². The summed E-state index contributed by atoms with van der Waals surface area (Å²) in [6.07, 6.45) is 3.17. The Kier molecular flexibility index (Phi) is 11.8. The van der Waals surface area contributed by atoms with Gasteiger partial charge in [0.1, 0.15) is 0 Å². The third kappa shape index (κ3) is 8.78. The van der Waals surface area contributed by atoms with Crippen molar-refractivity contribution in [3.8, 4) is 0 Å². The Balaban J connectivity index is 2.49. The van der Waals surface area contributed by atoms with Crippen LogP contribution in [0.1, 0.15) is 47.5 Å². The van der Waals surface area contributed by atoms with E-state index >= 15 is 0 Å². The molecule has 5 unspecified atom stereocenters. The van der Waals surface area contributed by atoms with Crippen molar-refractivity contribution in [3.63, 3.8) is 0 Å². The Bertz CT molecular complexity index is 409. The SMILES string of the molecule is CSSC(I)O[I-][B]C1CC(C)C(CC(C)(C)[P+]([O-])(O)OC(C)C)O1. The van der Waals surface area contributed by atoms with Gasteiger partial charge in [-0.2, -0.15) is 0 Å². The Hall–Kier alpha value is 2.45. The number of alkyl halides is 1. The number of rotatable bonds is 11. The van der Waals surface area contributed by atoms with Gasteiger partial charge in [-0.05, 0) is 0 Å². The maximum atomic E-state index is 12.6. The molecule has 0 saturated carbocycles. The molecule has 11 heteroatoms. The molecular weight excluding hydrogens is 608 g/mol. The topological polar surface area (TPSA) is 71.0 Å². The molecule has 25 heavy (non-hydrogen) atoms. The molecule has 1 heterocycles. The van der Waals surface area contributed by atoms with Crippen molar-refractivity contribution in [2.45, 2.75) is 74.3 Å². The number of hydrogen-bond acceptors (Lipinski definition) is 7. The second-order valence-electron chi connectivity index (χ2n) is 6.96. The van der Waals surface area contributed by atoms with E-state index in [1.165, 1.54) is 0 Å². The van der Waals surface area contributed by atoms with Gasteiger partial charge in [-0.15, -0.1) is 0 Å². The van der Waals surface area contributed by atoms with Gasteiger partial charge in [0.05, 0.1) is 0 Å². The Labute approximate surface area is 185 Å². The van der Waals surface area contributed by atoms with E-state index in [1.54, 1.807) is 49.3 Å². The second kappa shape index (κ2) is 11.6. The summed E-state index contributed by atoms with van der Waals surface area (Å²) in [5.41, 5.74) is 0. The molecule has 5 nitrogen and oxygen atoms in total. The summed E-state index contributed by atoms with van der Waals surface area (Å²) < 4.78 is 17.4. The van der Waals surface area contributed by atoms with Crippen LogP contribution in [0.3, 0.4) is 0 Å². The fourth-order valence-corrected chi connectivity index (χ4v) is 9.36. The van der Waals surface area contributed by atoms with Crippen LogP contribution in [0.25, 0.3) is 0 Å². The van der Waals surface area contributed by atoms with Gasteiger partial charge in [-0.25, -0.2) is 0 Å². The van der Waals surface area contributed by atoms with Gasteiger partial charge in [-0.1, -0.05) is 0 Å². The molecule has 1 N–H and O–H groups in total. The first kappa shape index (κ1) is 25.5. The van der Waals surface area contributed by atoms with Crippen molar-refractivity contribution in [1.82, 2.24) is 0 Å². The molecule has 1 rings (SSSR count). The third-order valence-corrected chi connectivity index (χ3v) is 13.1. The van der Waals surface area contributed by atoms with Crippen molar-refractivity contribution < 1.29 is 43.5 Å².